The van der Waals surface area contributed by atoms with Gasteiger partial charge in [-0.25, -0.2) is 0 Å². The minimum absolute atomic E-state index is 0.00336. The minimum Gasteiger partial charge on any atom is -0.441 e. The van der Waals surface area contributed by atoms with Crippen LogP contribution < -0.4 is 15.1 Å². The van der Waals surface area contributed by atoms with Crippen LogP contribution in [0.4, 0.5) is 11.6 Å². The first-order chi connectivity index (χ1) is 13.9. The van der Waals surface area contributed by atoms with Gasteiger partial charge in [0.25, 0.3) is 11.8 Å². The lowest BCUT2D eigenvalue weighted by molar-refractivity contribution is -0.122. The van der Waals surface area contributed by atoms with Crippen molar-refractivity contribution in [1.82, 2.24) is 5.32 Å². The van der Waals surface area contributed by atoms with Crippen molar-refractivity contribution in [2.24, 2.45) is 0 Å². The first-order valence-electron chi connectivity index (χ1n) is 9.77. The SMILES string of the molecule is Cc1ccc(N2C(=O)/C(=C/c3ccc(N4CCCCC4)o3)C(=O)NC2=S)cc1C. The summed E-state index contributed by atoms with van der Waals surface area (Å²) in [4.78, 5) is 29.1. The number of carbonyl (C=O) groups is 2. The largest absolute Gasteiger partial charge is 0.441 e. The summed E-state index contributed by atoms with van der Waals surface area (Å²) in [6.07, 6.45) is 5.00. The summed E-state index contributed by atoms with van der Waals surface area (Å²) in [6.45, 7) is 5.88. The van der Waals surface area contributed by atoms with Crippen LogP contribution in [0.1, 0.15) is 36.1 Å². The topological polar surface area (TPSA) is 65.8 Å². The van der Waals surface area contributed by atoms with Crippen LogP contribution >= 0.6 is 12.2 Å². The summed E-state index contributed by atoms with van der Waals surface area (Å²) in [5.41, 5.74) is 2.78. The highest BCUT2D eigenvalue weighted by atomic mass is 32.1. The van der Waals surface area contributed by atoms with Crippen molar-refractivity contribution in [3.63, 3.8) is 0 Å². The van der Waals surface area contributed by atoms with E-state index in [-0.39, 0.29) is 10.7 Å². The smallest absolute Gasteiger partial charge is 0.270 e. The Kier molecular flexibility index (Phi) is 5.24. The van der Waals surface area contributed by atoms with E-state index >= 15 is 0 Å². The summed E-state index contributed by atoms with van der Waals surface area (Å²) in [7, 11) is 0. The Morgan fingerprint density at radius 1 is 1.03 bits per heavy atom. The third-order valence-corrected chi connectivity index (χ3v) is 5.70. The predicted octanol–water partition coefficient (Wildman–Crippen LogP) is 3.72. The molecule has 0 spiro atoms. The zero-order chi connectivity index (χ0) is 20.5. The number of amides is 2. The van der Waals surface area contributed by atoms with Gasteiger partial charge in [-0.1, -0.05) is 6.07 Å². The number of thiocarbonyl (C=S) groups is 1. The number of nitrogens with zero attached hydrogens (tertiary/aromatic N) is 2. The molecule has 1 aromatic carbocycles. The van der Waals surface area contributed by atoms with E-state index in [1.807, 2.05) is 38.1 Å². The second-order valence-electron chi connectivity index (χ2n) is 7.45. The molecule has 7 heteroatoms. The highest BCUT2D eigenvalue weighted by Gasteiger charge is 2.35. The number of aryl methyl sites for hydroxylation is 2. The van der Waals surface area contributed by atoms with E-state index in [1.54, 1.807) is 6.07 Å². The third kappa shape index (κ3) is 3.82. The highest BCUT2D eigenvalue weighted by Crippen LogP contribution is 2.27. The molecule has 2 aliphatic heterocycles. The maximum Gasteiger partial charge on any atom is 0.270 e. The Labute approximate surface area is 175 Å². The monoisotopic (exact) mass is 409 g/mol. The van der Waals surface area contributed by atoms with E-state index in [9.17, 15) is 9.59 Å². The summed E-state index contributed by atoms with van der Waals surface area (Å²) in [5.74, 6) is 0.257. The normalized spacial score (nSPS) is 19.1. The lowest BCUT2D eigenvalue weighted by atomic mass is 10.1. The summed E-state index contributed by atoms with van der Waals surface area (Å²) < 4.78 is 5.89. The minimum atomic E-state index is -0.518. The zero-order valence-corrected chi connectivity index (χ0v) is 17.3. The molecule has 4 rings (SSSR count). The Hall–Kier alpha value is -2.93. The second kappa shape index (κ2) is 7.83. The van der Waals surface area contributed by atoms with Crippen LogP contribution in [-0.4, -0.2) is 30.0 Å². The molecule has 1 N–H and O–H groups in total. The van der Waals surface area contributed by atoms with E-state index in [1.165, 1.54) is 17.4 Å². The van der Waals surface area contributed by atoms with Gasteiger partial charge >= 0.3 is 0 Å². The summed E-state index contributed by atoms with van der Waals surface area (Å²) in [6, 6.07) is 9.30. The molecule has 2 aromatic rings. The molecular weight excluding hydrogens is 386 g/mol. The van der Waals surface area contributed by atoms with Crippen molar-refractivity contribution < 1.29 is 14.0 Å². The predicted molar refractivity (Wildman–Crippen MR) is 117 cm³/mol. The molecule has 0 saturated carbocycles. The van der Waals surface area contributed by atoms with E-state index in [0.29, 0.717) is 11.4 Å². The lowest BCUT2D eigenvalue weighted by Gasteiger charge is -2.29. The first-order valence-corrected chi connectivity index (χ1v) is 10.2. The van der Waals surface area contributed by atoms with Crippen LogP contribution in [0, 0.1) is 13.8 Å². The number of benzene rings is 1. The van der Waals surface area contributed by atoms with E-state index in [4.69, 9.17) is 16.6 Å². The zero-order valence-electron chi connectivity index (χ0n) is 16.5. The molecule has 1 aromatic heterocycles. The van der Waals surface area contributed by atoms with Gasteiger partial charge in [0, 0.05) is 19.2 Å². The number of hydrogen-bond acceptors (Lipinski definition) is 5. The summed E-state index contributed by atoms with van der Waals surface area (Å²) >= 11 is 5.26. The number of rotatable bonds is 3. The molecule has 29 heavy (non-hydrogen) atoms. The molecule has 2 fully saturated rings. The van der Waals surface area contributed by atoms with Crippen LogP contribution in [0.3, 0.4) is 0 Å². The Morgan fingerprint density at radius 2 is 1.79 bits per heavy atom. The van der Waals surface area contributed by atoms with Gasteiger partial charge in [-0.3, -0.25) is 19.8 Å². The van der Waals surface area contributed by atoms with Crippen molar-refractivity contribution in [3.8, 4) is 0 Å². The van der Waals surface area contributed by atoms with Crippen LogP contribution in [0.25, 0.3) is 6.08 Å². The average Bonchev–Trinajstić information content (AvgIpc) is 3.17. The van der Waals surface area contributed by atoms with Gasteiger partial charge in [-0.2, -0.15) is 0 Å². The first kappa shape index (κ1) is 19.4. The number of carbonyl (C=O) groups excluding carboxylic acids is 2. The molecule has 150 valence electrons. The van der Waals surface area contributed by atoms with Gasteiger partial charge in [0.05, 0.1) is 5.69 Å². The van der Waals surface area contributed by atoms with Gasteiger partial charge in [-0.15, -0.1) is 0 Å². The molecule has 2 amide bonds. The fraction of sp³-hybridized carbons (Fsp3) is 0.318. The highest BCUT2D eigenvalue weighted by molar-refractivity contribution is 7.80. The molecular formula is C22H23N3O3S. The van der Waals surface area contributed by atoms with Crippen molar-refractivity contribution in [1.29, 1.82) is 0 Å². The Bertz CT molecular complexity index is 1020. The second-order valence-corrected chi connectivity index (χ2v) is 7.84. The van der Waals surface area contributed by atoms with E-state index < -0.39 is 11.8 Å². The number of nitrogens with one attached hydrogen (secondary N) is 1. The quantitative estimate of drug-likeness (QED) is 0.476. The number of anilines is 2. The maximum atomic E-state index is 13.1. The van der Waals surface area contributed by atoms with E-state index in [2.05, 4.69) is 10.2 Å². The standard InChI is InChI=1S/C22H23N3O3S/c1-14-6-7-16(12-15(14)2)25-21(27)18(20(26)23-22(25)29)13-17-8-9-19(28-17)24-10-4-3-5-11-24/h6-9,12-13H,3-5,10-11H2,1-2H3,(H,23,26,29)/b18-13+. The van der Waals surface area contributed by atoms with Crippen molar-refractivity contribution in [2.45, 2.75) is 33.1 Å². The van der Waals surface area contributed by atoms with Gasteiger partial charge in [-0.05, 0) is 80.7 Å². The fourth-order valence-corrected chi connectivity index (χ4v) is 3.88. The fourth-order valence-electron chi connectivity index (χ4n) is 3.60. The van der Waals surface area contributed by atoms with Gasteiger partial charge in [0.2, 0.25) is 0 Å². The molecule has 3 heterocycles. The Morgan fingerprint density at radius 3 is 2.52 bits per heavy atom. The van der Waals surface area contributed by atoms with E-state index in [0.717, 1.165) is 42.9 Å². The third-order valence-electron chi connectivity index (χ3n) is 5.42. The van der Waals surface area contributed by atoms with Crippen LogP contribution in [-0.2, 0) is 9.59 Å². The van der Waals surface area contributed by atoms with Crippen molar-refractivity contribution in [2.75, 3.05) is 22.9 Å². The maximum absolute atomic E-state index is 13.1. The van der Waals surface area contributed by atoms with Crippen molar-refractivity contribution in [3.05, 3.63) is 52.8 Å². The Balaban J connectivity index is 1.63. The molecule has 2 aliphatic rings. The van der Waals surface area contributed by atoms with Crippen LogP contribution in [0.15, 0.2) is 40.3 Å². The average molecular weight is 410 g/mol. The molecule has 0 aliphatic carbocycles. The molecule has 0 unspecified atom stereocenters. The molecule has 0 atom stereocenters. The van der Waals surface area contributed by atoms with Crippen molar-refractivity contribution >= 4 is 46.8 Å². The number of furan rings is 1. The number of hydrogen-bond donors (Lipinski definition) is 1. The molecule has 0 radical (unpaired) electrons. The van der Waals surface area contributed by atoms with Crippen LogP contribution in [0.2, 0.25) is 0 Å². The number of piperidine rings is 1. The lowest BCUT2D eigenvalue weighted by Crippen LogP contribution is -2.54. The summed E-state index contributed by atoms with van der Waals surface area (Å²) in [5, 5.41) is 2.69. The van der Waals surface area contributed by atoms with Gasteiger partial charge in [0.1, 0.15) is 11.3 Å². The van der Waals surface area contributed by atoms with Gasteiger partial charge < -0.3 is 9.32 Å². The van der Waals surface area contributed by atoms with Gasteiger partial charge in [0.15, 0.2) is 11.0 Å². The molecule has 6 nitrogen and oxygen atoms in total. The van der Waals surface area contributed by atoms with Crippen LogP contribution in [0.5, 0.6) is 0 Å². The molecule has 0 bridgehead atoms. The molecule has 2 saturated heterocycles.